The van der Waals surface area contributed by atoms with E-state index >= 15 is 0 Å². The van der Waals surface area contributed by atoms with Gasteiger partial charge in [-0.2, -0.15) is 5.10 Å². The van der Waals surface area contributed by atoms with E-state index in [4.69, 9.17) is 0 Å². The second-order valence-corrected chi connectivity index (χ2v) is 7.42. The lowest BCUT2D eigenvalue weighted by Crippen LogP contribution is -2.45. The maximum atomic E-state index is 14.2. The molecule has 0 unspecified atom stereocenters. The van der Waals surface area contributed by atoms with Crippen LogP contribution < -0.4 is 5.32 Å². The molecule has 3 rings (SSSR count). The molecular weight excluding hydrogens is 479 g/mol. The predicted molar refractivity (Wildman–Crippen MR) is 113 cm³/mol. The quantitative estimate of drug-likeness (QED) is 0.469. The summed E-state index contributed by atoms with van der Waals surface area (Å²) >= 11 is 1.71. The number of nitrogens with one attached hydrogen (secondary N) is 1. The highest BCUT2D eigenvalue weighted by Gasteiger charge is 2.33. The summed E-state index contributed by atoms with van der Waals surface area (Å²) in [5, 5.41) is 6.48. The number of hydrogen-bond acceptors (Lipinski definition) is 4. The molecule has 1 saturated heterocycles. The molecule has 0 saturated carbocycles. The van der Waals surface area contributed by atoms with Gasteiger partial charge in [-0.1, -0.05) is 18.2 Å². The molecule has 9 heteroatoms. The summed E-state index contributed by atoms with van der Waals surface area (Å²) in [6.07, 6.45) is 5.47. The number of halogens is 3. The van der Waals surface area contributed by atoms with Gasteiger partial charge in [-0.05, 0) is 37.6 Å². The number of aryl methyl sites for hydroxylation is 1. The van der Waals surface area contributed by atoms with Crippen molar-refractivity contribution in [3.05, 3.63) is 42.2 Å². The third-order valence-corrected chi connectivity index (χ3v) is 5.12. The third-order valence-electron chi connectivity index (χ3n) is 4.64. The lowest BCUT2D eigenvalue weighted by molar-refractivity contribution is -0.117. The monoisotopic (exact) mass is 501 g/mol. The van der Waals surface area contributed by atoms with Gasteiger partial charge in [0.15, 0.2) is 0 Å². The number of carbonyl (C=O) groups excluding carboxylic acids is 1. The Morgan fingerprint density at radius 2 is 2.07 bits per heavy atom. The summed E-state index contributed by atoms with van der Waals surface area (Å²) in [6.45, 7) is 0.330. The van der Waals surface area contributed by atoms with Gasteiger partial charge in [-0.25, -0.2) is 12.0 Å². The molecule has 28 heavy (non-hydrogen) atoms. The smallest absolute Gasteiger partial charge is 0.277 e. The van der Waals surface area contributed by atoms with Crippen LogP contribution in [0.15, 0.2) is 39.9 Å². The molecule has 0 bridgehead atoms. The van der Waals surface area contributed by atoms with Gasteiger partial charge in [0.25, 0.3) is 11.8 Å². The molecule has 0 radical (unpaired) electrons. The van der Waals surface area contributed by atoms with Gasteiger partial charge in [0, 0.05) is 24.4 Å². The molecule has 2 heterocycles. The van der Waals surface area contributed by atoms with E-state index in [2.05, 4.69) is 13.6 Å². The average Bonchev–Trinajstić information content (AvgIpc) is 3.32. The molecule has 6 nitrogen and oxygen atoms in total. The van der Waals surface area contributed by atoms with Crippen LogP contribution >= 0.6 is 22.9 Å². The van der Waals surface area contributed by atoms with Crippen molar-refractivity contribution in [2.75, 3.05) is 26.2 Å². The van der Waals surface area contributed by atoms with Crippen molar-refractivity contribution in [1.29, 1.82) is 0 Å². The molecule has 1 aliphatic rings. The first-order chi connectivity index (χ1) is 13.4. The topological polar surface area (TPSA) is 62.5 Å². The van der Waals surface area contributed by atoms with E-state index in [1.165, 1.54) is 0 Å². The van der Waals surface area contributed by atoms with Crippen LogP contribution in [-0.4, -0.2) is 58.4 Å². The Balaban J connectivity index is 1.66. The Morgan fingerprint density at radius 3 is 2.71 bits per heavy atom. The summed E-state index contributed by atoms with van der Waals surface area (Å²) in [4.78, 5) is 14.2. The standard InChI is InChI=1S/C19H22F2IN5O/c1-26-11-16(10-24-26)14-5-4-6-15(9-14)17(25-22)18(28)23-12-19(20,21)13-27-7-2-3-8-27/h4-6,9-11H,2-3,7-8,12-13H2,1H3,(H,23,28). The van der Waals surface area contributed by atoms with E-state index in [-0.39, 0.29) is 12.3 Å². The number of alkyl halides is 2. The summed E-state index contributed by atoms with van der Waals surface area (Å²) < 4.78 is 34.1. The molecule has 150 valence electrons. The van der Waals surface area contributed by atoms with E-state index in [9.17, 15) is 13.6 Å². The number of likely N-dealkylation sites (tertiary alicyclic amines) is 1. The van der Waals surface area contributed by atoms with E-state index < -0.39 is 18.4 Å². The fraction of sp³-hybridized carbons (Fsp3) is 0.421. The van der Waals surface area contributed by atoms with Crippen LogP contribution in [0.3, 0.4) is 0 Å². The number of rotatable bonds is 7. The fourth-order valence-corrected chi connectivity index (χ4v) is 3.75. The molecule has 1 aliphatic heterocycles. The van der Waals surface area contributed by atoms with Crippen molar-refractivity contribution >= 4 is 34.5 Å². The minimum Gasteiger partial charge on any atom is -0.345 e. The molecule has 0 aliphatic carbocycles. The van der Waals surface area contributed by atoms with Crippen molar-refractivity contribution in [1.82, 2.24) is 20.0 Å². The second-order valence-electron chi connectivity index (χ2n) is 6.94. The maximum absolute atomic E-state index is 14.2. The normalized spacial score (nSPS) is 15.8. The van der Waals surface area contributed by atoms with Gasteiger partial charge >= 0.3 is 0 Å². The molecule has 1 aromatic heterocycles. The summed E-state index contributed by atoms with van der Waals surface area (Å²) in [5.41, 5.74) is 2.45. The minimum absolute atomic E-state index is 0.114. The summed E-state index contributed by atoms with van der Waals surface area (Å²) in [7, 11) is 1.82. The SMILES string of the molecule is Cn1cc(-c2cccc(C(=NI)C(=O)NCC(F)(F)CN3CCCC3)c2)cn1. The first-order valence-corrected chi connectivity index (χ1v) is 10.0. The van der Waals surface area contributed by atoms with Crippen LogP contribution in [0.1, 0.15) is 18.4 Å². The highest BCUT2D eigenvalue weighted by molar-refractivity contribution is 14.1. The molecule has 1 aromatic carbocycles. The molecule has 1 fully saturated rings. The maximum Gasteiger partial charge on any atom is 0.277 e. The first-order valence-electron chi connectivity index (χ1n) is 9.05. The summed E-state index contributed by atoms with van der Waals surface area (Å²) in [6, 6.07) is 7.23. The van der Waals surface area contributed by atoms with E-state index in [0.29, 0.717) is 18.7 Å². The van der Waals surface area contributed by atoms with Crippen LogP contribution in [-0.2, 0) is 11.8 Å². The Kier molecular flexibility index (Phi) is 6.76. The fourth-order valence-electron chi connectivity index (χ4n) is 3.25. The van der Waals surface area contributed by atoms with Crippen molar-refractivity contribution in [3.8, 4) is 11.1 Å². The molecule has 0 spiro atoms. The van der Waals surface area contributed by atoms with Gasteiger partial charge in [0.05, 0.1) is 42.2 Å². The zero-order valence-electron chi connectivity index (χ0n) is 15.5. The number of hydrogen-bond donors (Lipinski definition) is 1. The largest absolute Gasteiger partial charge is 0.345 e. The van der Waals surface area contributed by atoms with E-state index in [1.54, 1.807) is 56.8 Å². The highest BCUT2D eigenvalue weighted by atomic mass is 127. The molecular formula is C19H22F2IN5O. The van der Waals surface area contributed by atoms with Crippen LogP contribution in [0.5, 0.6) is 0 Å². The van der Waals surface area contributed by atoms with Gasteiger partial charge in [0.1, 0.15) is 5.71 Å². The number of aromatic nitrogens is 2. The molecule has 1 amide bonds. The third kappa shape index (κ3) is 5.34. The van der Waals surface area contributed by atoms with Gasteiger partial charge in [0.2, 0.25) is 0 Å². The summed E-state index contributed by atoms with van der Waals surface area (Å²) in [5.74, 6) is -3.59. The van der Waals surface area contributed by atoms with Crippen LogP contribution in [0.4, 0.5) is 8.78 Å². The Labute approximate surface area is 176 Å². The van der Waals surface area contributed by atoms with Gasteiger partial charge < -0.3 is 5.32 Å². The number of amides is 1. The predicted octanol–water partition coefficient (Wildman–Crippen LogP) is 3.07. The van der Waals surface area contributed by atoms with Gasteiger partial charge in [-0.15, -0.1) is 0 Å². The lowest BCUT2D eigenvalue weighted by Gasteiger charge is -2.23. The zero-order chi connectivity index (χ0) is 20.1. The van der Waals surface area contributed by atoms with Crippen LogP contribution in [0.2, 0.25) is 0 Å². The lowest BCUT2D eigenvalue weighted by atomic mass is 10.0. The van der Waals surface area contributed by atoms with Crippen LogP contribution in [0.25, 0.3) is 11.1 Å². The number of benzene rings is 1. The van der Waals surface area contributed by atoms with E-state index in [0.717, 1.165) is 24.0 Å². The number of carbonyl (C=O) groups is 1. The molecule has 2 aromatic rings. The van der Waals surface area contributed by atoms with Crippen molar-refractivity contribution < 1.29 is 13.6 Å². The van der Waals surface area contributed by atoms with Crippen molar-refractivity contribution in [3.63, 3.8) is 0 Å². The minimum atomic E-state index is -2.98. The molecule has 0 atom stereocenters. The Morgan fingerprint density at radius 1 is 1.32 bits per heavy atom. The molecule has 1 N–H and O–H groups in total. The van der Waals surface area contributed by atoms with Crippen molar-refractivity contribution in [2.24, 2.45) is 10.3 Å². The average molecular weight is 501 g/mol. The van der Waals surface area contributed by atoms with Crippen molar-refractivity contribution in [2.45, 2.75) is 18.8 Å². The van der Waals surface area contributed by atoms with E-state index in [1.807, 2.05) is 19.3 Å². The Bertz CT molecular complexity index is 862. The highest BCUT2D eigenvalue weighted by Crippen LogP contribution is 2.21. The first kappa shape index (κ1) is 20.8. The Hall–Kier alpha value is -1.88. The number of nitrogens with zero attached hydrogens (tertiary/aromatic N) is 4. The zero-order valence-corrected chi connectivity index (χ0v) is 17.7. The second kappa shape index (κ2) is 9.08. The van der Waals surface area contributed by atoms with Gasteiger partial charge in [-0.3, -0.25) is 14.4 Å². The van der Waals surface area contributed by atoms with Crippen LogP contribution in [0, 0.1) is 0 Å².